The van der Waals surface area contributed by atoms with Crippen LogP contribution < -0.4 is 16.4 Å². The van der Waals surface area contributed by atoms with E-state index in [1.54, 1.807) is 24.3 Å². The summed E-state index contributed by atoms with van der Waals surface area (Å²) in [6.45, 7) is 2.74. The fourth-order valence-electron chi connectivity index (χ4n) is 1.29. The number of anilines is 1. The lowest BCUT2D eigenvalue weighted by molar-refractivity contribution is 0.252. The lowest BCUT2D eigenvalue weighted by atomic mass is 10.2. The predicted molar refractivity (Wildman–Crippen MR) is 69.4 cm³/mol. The number of unbranched alkanes of at least 4 members (excludes halogenated alkanes) is 1. The molecule has 5 N–H and O–H groups in total. The molecule has 0 aliphatic carbocycles. The van der Waals surface area contributed by atoms with Crippen LogP contribution >= 0.6 is 0 Å². The Balaban J connectivity index is 2.46. The molecule has 5 nitrogen and oxygen atoms in total. The fraction of sp³-hybridized carbons (Fsp3) is 0.333. The zero-order valence-corrected chi connectivity index (χ0v) is 9.92. The average Bonchev–Trinajstić information content (AvgIpc) is 2.30. The van der Waals surface area contributed by atoms with E-state index in [4.69, 9.17) is 11.1 Å². The third kappa shape index (κ3) is 4.55. The molecule has 0 aliphatic heterocycles. The molecule has 0 fully saturated rings. The van der Waals surface area contributed by atoms with Crippen molar-refractivity contribution in [3.8, 4) is 0 Å². The Kier molecular flexibility index (Phi) is 5.00. The van der Waals surface area contributed by atoms with Crippen LogP contribution in [0.1, 0.15) is 25.3 Å². The first-order valence-corrected chi connectivity index (χ1v) is 5.62. The minimum Gasteiger partial charge on any atom is -0.384 e. The molecule has 0 unspecified atom stereocenters. The topological polar surface area (TPSA) is 91.0 Å². The van der Waals surface area contributed by atoms with E-state index in [9.17, 15) is 4.79 Å². The van der Waals surface area contributed by atoms with Crippen LogP contribution in [0.3, 0.4) is 0 Å². The van der Waals surface area contributed by atoms with E-state index in [2.05, 4.69) is 17.6 Å². The van der Waals surface area contributed by atoms with Crippen molar-refractivity contribution in [1.82, 2.24) is 5.32 Å². The number of carbonyl (C=O) groups excluding carboxylic acids is 1. The van der Waals surface area contributed by atoms with Crippen LogP contribution in [0.25, 0.3) is 0 Å². The first-order valence-electron chi connectivity index (χ1n) is 5.62. The van der Waals surface area contributed by atoms with Crippen molar-refractivity contribution >= 4 is 17.6 Å². The summed E-state index contributed by atoms with van der Waals surface area (Å²) in [6, 6.07) is 6.62. The molecule has 1 aromatic rings. The molecule has 0 spiro atoms. The maximum Gasteiger partial charge on any atom is 0.319 e. The predicted octanol–water partition coefficient (Wildman–Crippen LogP) is 1.89. The Hall–Kier alpha value is -2.04. The lowest BCUT2D eigenvalue weighted by Gasteiger charge is -2.07. The van der Waals surface area contributed by atoms with E-state index < -0.39 is 0 Å². The first-order chi connectivity index (χ1) is 8.13. The van der Waals surface area contributed by atoms with Gasteiger partial charge in [0.15, 0.2) is 0 Å². The van der Waals surface area contributed by atoms with E-state index in [1.807, 2.05) is 0 Å². The van der Waals surface area contributed by atoms with Crippen molar-refractivity contribution in [2.45, 2.75) is 19.8 Å². The molecule has 0 aliphatic rings. The maximum absolute atomic E-state index is 11.4. The molecule has 92 valence electrons. The number of urea groups is 1. The van der Waals surface area contributed by atoms with Crippen molar-refractivity contribution in [2.75, 3.05) is 11.9 Å². The second-order valence-electron chi connectivity index (χ2n) is 3.73. The van der Waals surface area contributed by atoms with Gasteiger partial charge >= 0.3 is 6.03 Å². The molecule has 0 heterocycles. The summed E-state index contributed by atoms with van der Waals surface area (Å²) < 4.78 is 0. The normalized spacial score (nSPS) is 9.71. The van der Waals surface area contributed by atoms with Gasteiger partial charge in [0.25, 0.3) is 0 Å². The third-order valence-electron chi connectivity index (χ3n) is 2.27. The highest BCUT2D eigenvalue weighted by atomic mass is 16.2. The highest BCUT2D eigenvalue weighted by Crippen LogP contribution is 2.08. The summed E-state index contributed by atoms with van der Waals surface area (Å²) in [5.74, 6) is 0.0175. The van der Waals surface area contributed by atoms with Gasteiger partial charge in [-0.2, -0.15) is 0 Å². The zero-order valence-electron chi connectivity index (χ0n) is 9.92. The summed E-state index contributed by atoms with van der Waals surface area (Å²) in [7, 11) is 0. The first kappa shape index (κ1) is 13.0. The lowest BCUT2D eigenvalue weighted by Crippen LogP contribution is -2.29. The van der Waals surface area contributed by atoms with Crippen LogP contribution in [0.4, 0.5) is 10.5 Å². The molecule has 0 atom stereocenters. The number of nitrogens with two attached hydrogens (primary N) is 1. The number of amides is 2. The SMILES string of the molecule is CCCCNC(=O)Nc1ccc(C(=N)N)cc1. The highest BCUT2D eigenvalue weighted by molar-refractivity contribution is 5.96. The number of hydrogen-bond acceptors (Lipinski definition) is 2. The van der Waals surface area contributed by atoms with Crippen LogP contribution in [0, 0.1) is 5.41 Å². The summed E-state index contributed by atoms with van der Waals surface area (Å²) in [6.07, 6.45) is 2.02. The van der Waals surface area contributed by atoms with E-state index in [-0.39, 0.29) is 11.9 Å². The third-order valence-corrected chi connectivity index (χ3v) is 2.27. The van der Waals surface area contributed by atoms with Crippen molar-refractivity contribution in [1.29, 1.82) is 5.41 Å². The van der Waals surface area contributed by atoms with Crippen molar-refractivity contribution in [2.24, 2.45) is 5.73 Å². The highest BCUT2D eigenvalue weighted by Gasteiger charge is 2.01. The monoisotopic (exact) mass is 234 g/mol. The largest absolute Gasteiger partial charge is 0.384 e. The molecule has 0 saturated carbocycles. The van der Waals surface area contributed by atoms with Crippen LogP contribution in [-0.4, -0.2) is 18.4 Å². The number of rotatable bonds is 5. The standard InChI is InChI=1S/C12H18N4O/c1-2-3-8-15-12(17)16-10-6-4-9(5-7-10)11(13)14/h4-7H,2-3,8H2,1H3,(H3,13,14)(H2,15,16,17). The van der Waals surface area contributed by atoms with Gasteiger partial charge < -0.3 is 16.4 Å². The Morgan fingerprint density at radius 1 is 1.35 bits per heavy atom. The molecule has 17 heavy (non-hydrogen) atoms. The Bertz CT molecular complexity index is 386. The summed E-state index contributed by atoms with van der Waals surface area (Å²) in [5.41, 5.74) is 6.65. The van der Waals surface area contributed by atoms with Gasteiger partial charge in [0, 0.05) is 17.8 Å². The number of nitrogens with one attached hydrogen (secondary N) is 3. The molecule has 0 radical (unpaired) electrons. The molecule has 2 amide bonds. The Labute approximate surface area is 101 Å². The Morgan fingerprint density at radius 3 is 2.53 bits per heavy atom. The maximum atomic E-state index is 11.4. The van der Waals surface area contributed by atoms with E-state index in [1.165, 1.54) is 0 Å². The Morgan fingerprint density at radius 2 is 2.00 bits per heavy atom. The number of benzene rings is 1. The van der Waals surface area contributed by atoms with Gasteiger partial charge in [-0.05, 0) is 30.7 Å². The number of carbonyl (C=O) groups is 1. The smallest absolute Gasteiger partial charge is 0.319 e. The molecule has 1 aromatic carbocycles. The fourth-order valence-corrected chi connectivity index (χ4v) is 1.29. The van der Waals surface area contributed by atoms with Crippen LogP contribution in [-0.2, 0) is 0 Å². The van der Waals surface area contributed by atoms with Crippen molar-refractivity contribution < 1.29 is 4.79 Å². The summed E-state index contributed by atoms with van der Waals surface area (Å²) >= 11 is 0. The number of amidine groups is 1. The molecule has 0 saturated heterocycles. The van der Waals surface area contributed by atoms with Gasteiger partial charge in [-0.1, -0.05) is 13.3 Å². The number of hydrogen-bond donors (Lipinski definition) is 4. The average molecular weight is 234 g/mol. The van der Waals surface area contributed by atoms with Gasteiger partial charge in [0.05, 0.1) is 0 Å². The minimum absolute atomic E-state index is 0.0175. The zero-order chi connectivity index (χ0) is 12.7. The van der Waals surface area contributed by atoms with Crippen LogP contribution in [0.2, 0.25) is 0 Å². The van der Waals surface area contributed by atoms with E-state index in [0.717, 1.165) is 12.8 Å². The number of nitrogen functional groups attached to an aromatic ring is 1. The van der Waals surface area contributed by atoms with Crippen LogP contribution in [0.5, 0.6) is 0 Å². The van der Waals surface area contributed by atoms with E-state index >= 15 is 0 Å². The van der Waals surface area contributed by atoms with Gasteiger partial charge in [0.2, 0.25) is 0 Å². The second kappa shape index (κ2) is 6.52. The van der Waals surface area contributed by atoms with Crippen LogP contribution in [0.15, 0.2) is 24.3 Å². The molecular formula is C12H18N4O. The molecular weight excluding hydrogens is 216 g/mol. The van der Waals surface area contributed by atoms with Crippen molar-refractivity contribution in [3.63, 3.8) is 0 Å². The van der Waals surface area contributed by atoms with Crippen molar-refractivity contribution in [3.05, 3.63) is 29.8 Å². The van der Waals surface area contributed by atoms with E-state index in [0.29, 0.717) is 17.8 Å². The minimum atomic E-state index is -0.214. The molecule has 0 aromatic heterocycles. The second-order valence-corrected chi connectivity index (χ2v) is 3.73. The molecule has 0 bridgehead atoms. The molecule has 5 heteroatoms. The quantitative estimate of drug-likeness (QED) is 0.356. The molecule has 1 rings (SSSR count). The van der Waals surface area contributed by atoms with Gasteiger partial charge in [0.1, 0.15) is 5.84 Å². The van der Waals surface area contributed by atoms with Gasteiger partial charge in [-0.25, -0.2) is 4.79 Å². The van der Waals surface area contributed by atoms with Gasteiger partial charge in [-0.3, -0.25) is 5.41 Å². The van der Waals surface area contributed by atoms with Gasteiger partial charge in [-0.15, -0.1) is 0 Å². The summed E-state index contributed by atoms with van der Waals surface area (Å²) in [4.78, 5) is 11.4. The summed E-state index contributed by atoms with van der Waals surface area (Å²) in [5, 5.41) is 12.7.